The Hall–Kier alpha value is -3.36. The van der Waals surface area contributed by atoms with Crippen LogP contribution >= 0.6 is 11.6 Å². The summed E-state index contributed by atoms with van der Waals surface area (Å²) in [6.07, 6.45) is 5.09. The lowest BCUT2D eigenvalue weighted by Gasteiger charge is -2.13. The Kier molecular flexibility index (Phi) is 7.19. The highest BCUT2D eigenvalue weighted by Gasteiger charge is 2.23. The molecule has 4 aromatic rings. The average Bonchev–Trinajstić information content (AvgIpc) is 3.28. The van der Waals surface area contributed by atoms with Crippen LogP contribution in [0.1, 0.15) is 35.8 Å². The van der Waals surface area contributed by atoms with Crippen LogP contribution in [0.5, 0.6) is 5.75 Å². The maximum atomic E-state index is 13.3. The predicted molar refractivity (Wildman–Crippen MR) is 131 cm³/mol. The molecule has 0 saturated heterocycles. The molecule has 0 radical (unpaired) electrons. The van der Waals surface area contributed by atoms with Crippen molar-refractivity contribution in [3.63, 3.8) is 0 Å². The molecule has 0 atom stereocenters. The minimum Gasteiger partial charge on any atom is -0.492 e. The molecule has 2 aromatic carbocycles. The number of pyridine rings is 1. The second kappa shape index (κ2) is 10.3. The molecule has 0 unspecified atom stereocenters. The smallest absolute Gasteiger partial charge is 0.267 e. The van der Waals surface area contributed by atoms with Gasteiger partial charge < -0.3 is 15.0 Å². The fraction of sp³-hybridized carbons (Fsp3) is 0.200. The van der Waals surface area contributed by atoms with Crippen LogP contribution in [-0.2, 0) is 16.4 Å². The van der Waals surface area contributed by atoms with Crippen molar-refractivity contribution >= 4 is 38.2 Å². The number of aromatic amines is 1. The Morgan fingerprint density at radius 2 is 1.91 bits per heavy atom. The highest BCUT2D eigenvalue weighted by Crippen LogP contribution is 2.32. The van der Waals surface area contributed by atoms with Crippen molar-refractivity contribution < 1.29 is 17.9 Å². The summed E-state index contributed by atoms with van der Waals surface area (Å²) in [5.41, 5.74) is 2.02. The van der Waals surface area contributed by atoms with Gasteiger partial charge in [-0.2, -0.15) is 0 Å². The summed E-state index contributed by atoms with van der Waals surface area (Å²) in [6, 6.07) is 14.5. The van der Waals surface area contributed by atoms with Crippen LogP contribution in [0.2, 0.25) is 5.02 Å². The van der Waals surface area contributed by atoms with Gasteiger partial charge in [-0.25, -0.2) is 8.42 Å². The van der Waals surface area contributed by atoms with Crippen molar-refractivity contribution in [1.82, 2.24) is 15.3 Å². The van der Waals surface area contributed by atoms with Crippen LogP contribution in [0.3, 0.4) is 0 Å². The van der Waals surface area contributed by atoms with Gasteiger partial charge in [0.15, 0.2) is 0 Å². The monoisotopic (exact) mass is 497 g/mol. The topological polar surface area (TPSA) is 101 Å². The van der Waals surface area contributed by atoms with Crippen molar-refractivity contribution in [3.05, 3.63) is 83.3 Å². The standard InChI is InChI=1S/C25H24ClN3O4S/c1-2-3-12-33-23-9-6-19(26)14-24(23)34(31,32)20-7-4-17(5-8-20)15-28-25(30)22-13-18-16-27-11-10-21(18)29-22/h4-11,13-14,16,29H,2-3,12,15H2,1H3,(H,28,30). The number of H-pyrrole nitrogens is 1. The molecule has 7 nitrogen and oxygen atoms in total. The van der Waals surface area contributed by atoms with Crippen molar-refractivity contribution in [2.45, 2.75) is 36.1 Å². The van der Waals surface area contributed by atoms with Gasteiger partial charge in [-0.3, -0.25) is 9.78 Å². The van der Waals surface area contributed by atoms with E-state index in [2.05, 4.69) is 15.3 Å². The molecule has 1 amide bonds. The molecule has 0 aliphatic rings. The molecule has 2 N–H and O–H groups in total. The predicted octanol–water partition coefficient (Wildman–Crippen LogP) is 5.16. The molecule has 0 aliphatic carbocycles. The normalized spacial score (nSPS) is 11.5. The second-order valence-electron chi connectivity index (χ2n) is 7.77. The molecule has 0 fully saturated rings. The lowest BCUT2D eigenvalue weighted by Crippen LogP contribution is -2.23. The number of benzene rings is 2. The first-order valence-electron chi connectivity index (χ1n) is 10.9. The Morgan fingerprint density at radius 3 is 2.65 bits per heavy atom. The summed E-state index contributed by atoms with van der Waals surface area (Å²) < 4.78 is 32.2. The number of aromatic nitrogens is 2. The van der Waals surface area contributed by atoms with E-state index in [-0.39, 0.29) is 28.0 Å². The third-order valence-electron chi connectivity index (χ3n) is 5.30. The number of nitrogens with zero attached hydrogens (tertiary/aromatic N) is 1. The number of hydrogen-bond donors (Lipinski definition) is 2. The second-order valence-corrected chi connectivity index (χ2v) is 10.1. The summed E-state index contributed by atoms with van der Waals surface area (Å²) in [5, 5.41) is 4.00. The fourth-order valence-corrected chi connectivity index (χ4v) is 5.08. The van der Waals surface area contributed by atoms with E-state index in [1.54, 1.807) is 48.8 Å². The van der Waals surface area contributed by atoms with Crippen molar-refractivity contribution in [3.8, 4) is 5.75 Å². The Labute approximate surface area is 203 Å². The summed E-state index contributed by atoms with van der Waals surface area (Å²) in [5.74, 6) is 0.0171. The molecule has 0 spiro atoms. The van der Waals surface area contributed by atoms with E-state index in [1.165, 1.54) is 18.2 Å². The Balaban J connectivity index is 1.47. The molecular formula is C25H24ClN3O4S. The average molecular weight is 498 g/mol. The van der Waals surface area contributed by atoms with Gasteiger partial charge in [0.1, 0.15) is 16.3 Å². The van der Waals surface area contributed by atoms with Crippen LogP contribution < -0.4 is 10.1 Å². The third-order valence-corrected chi connectivity index (χ3v) is 7.33. The van der Waals surface area contributed by atoms with Crippen LogP contribution in [-0.4, -0.2) is 30.9 Å². The number of fused-ring (bicyclic) bond motifs is 1. The highest BCUT2D eigenvalue weighted by molar-refractivity contribution is 7.91. The molecule has 34 heavy (non-hydrogen) atoms. The van der Waals surface area contributed by atoms with Crippen molar-refractivity contribution in [1.29, 1.82) is 0 Å². The minimum absolute atomic E-state index is 0.0328. The first-order chi connectivity index (χ1) is 16.4. The maximum absolute atomic E-state index is 13.3. The van der Waals surface area contributed by atoms with E-state index in [4.69, 9.17) is 16.3 Å². The first kappa shape index (κ1) is 23.8. The molecule has 0 saturated carbocycles. The maximum Gasteiger partial charge on any atom is 0.267 e. The van der Waals surface area contributed by atoms with E-state index in [0.29, 0.717) is 17.3 Å². The number of ether oxygens (including phenoxy) is 1. The van der Waals surface area contributed by atoms with Crippen LogP contribution in [0.4, 0.5) is 0 Å². The number of rotatable bonds is 9. The quantitative estimate of drug-likeness (QED) is 0.311. The van der Waals surface area contributed by atoms with E-state index < -0.39 is 9.84 Å². The van der Waals surface area contributed by atoms with Gasteiger partial charge in [-0.15, -0.1) is 0 Å². The largest absolute Gasteiger partial charge is 0.492 e. The third kappa shape index (κ3) is 5.24. The number of carbonyl (C=O) groups excluding carboxylic acids is 1. The zero-order valence-corrected chi connectivity index (χ0v) is 20.1. The summed E-state index contributed by atoms with van der Waals surface area (Å²) in [4.78, 5) is 19.7. The number of hydrogen-bond acceptors (Lipinski definition) is 5. The van der Waals surface area contributed by atoms with E-state index >= 15 is 0 Å². The SMILES string of the molecule is CCCCOc1ccc(Cl)cc1S(=O)(=O)c1ccc(CNC(=O)c2cc3cnccc3[nH]2)cc1. The lowest BCUT2D eigenvalue weighted by molar-refractivity contribution is 0.0946. The zero-order chi connectivity index (χ0) is 24.1. The zero-order valence-electron chi connectivity index (χ0n) is 18.5. The summed E-state index contributed by atoms with van der Waals surface area (Å²) in [6.45, 7) is 2.70. The van der Waals surface area contributed by atoms with Crippen molar-refractivity contribution in [2.24, 2.45) is 0 Å². The number of halogens is 1. The van der Waals surface area contributed by atoms with E-state index in [0.717, 1.165) is 29.3 Å². The molecule has 4 rings (SSSR count). The number of nitrogens with one attached hydrogen (secondary N) is 2. The van der Waals surface area contributed by atoms with Gasteiger partial charge >= 0.3 is 0 Å². The summed E-state index contributed by atoms with van der Waals surface area (Å²) >= 11 is 6.08. The van der Waals surface area contributed by atoms with E-state index in [9.17, 15) is 13.2 Å². The number of unbranched alkanes of at least 4 members (excludes halogenated alkanes) is 1. The lowest BCUT2D eigenvalue weighted by atomic mass is 10.2. The number of carbonyl (C=O) groups is 1. The van der Waals surface area contributed by atoms with Crippen LogP contribution in [0, 0.1) is 0 Å². The molecule has 9 heteroatoms. The van der Waals surface area contributed by atoms with Gasteiger partial charge in [0.25, 0.3) is 5.91 Å². The van der Waals surface area contributed by atoms with Crippen LogP contribution in [0.25, 0.3) is 10.9 Å². The first-order valence-corrected chi connectivity index (χ1v) is 12.7. The Morgan fingerprint density at radius 1 is 1.12 bits per heavy atom. The van der Waals surface area contributed by atoms with Gasteiger partial charge in [0.05, 0.1) is 11.5 Å². The molecule has 176 valence electrons. The van der Waals surface area contributed by atoms with Gasteiger partial charge in [0, 0.05) is 34.9 Å². The van der Waals surface area contributed by atoms with Gasteiger partial charge in [-0.05, 0) is 54.4 Å². The Bertz CT molecular complexity index is 1380. The summed E-state index contributed by atoms with van der Waals surface area (Å²) in [7, 11) is -3.84. The molecule has 0 aliphatic heterocycles. The van der Waals surface area contributed by atoms with Crippen LogP contribution in [0.15, 0.2) is 76.8 Å². The minimum atomic E-state index is -3.84. The molecule has 2 heterocycles. The molecule has 0 bridgehead atoms. The van der Waals surface area contributed by atoms with E-state index in [1.807, 2.05) is 6.92 Å². The highest BCUT2D eigenvalue weighted by atomic mass is 35.5. The molecule has 2 aromatic heterocycles. The number of amides is 1. The van der Waals surface area contributed by atoms with Gasteiger partial charge in [-0.1, -0.05) is 37.1 Å². The fourth-order valence-electron chi connectivity index (χ4n) is 3.42. The molecular weight excluding hydrogens is 474 g/mol. The number of sulfone groups is 1. The van der Waals surface area contributed by atoms with Crippen molar-refractivity contribution in [2.75, 3.05) is 6.61 Å². The van der Waals surface area contributed by atoms with Gasteiger partial charge in [0.2, 0.25) is 9.84 Å².